The Labute approximate surface area is 250 Å². The fourth-order valence-corrected chi connectivity index (χ4v) is 7.55. The number of likely N-dealkylation sites (tertiary alicyclic amines) is 1. The molecule has 8 heteroatoms. The summed E-state index contributed by atoms with van der Waals surface area (Å²) in [6, 6.07) is 21.1. The number of anilines is 1. The van der Waals surface area contributed by atoms with Crippen LogP contribution in [-0.2, 0) is 4.79 Å². The largest absolute Gasteiger partial charge is 0.478 e. The van der Waals surface area contributed by atoms with Crippen molar-refractivity contribution in [1.82, 2.24) is 9.88 Å². The first kappa shape index (κ1) is 26.9. The van der Waals surface area contributed by atoms with Crippen LogP contribution in [0.4, 0.5) is 5.69 Å². The van der Waals surface area contributed by atoms with Gasteiger partial charge in [-0.05, 0) is 85.7 Å². The number of β-lactam (4-membered cyclic amide) rings is 1. The number of amides is 1. The maximum absolute atomic E-state index is 13.6. The topological polar surface area (TPSA) is 85.9 Å². The first-order chi connectivity index (χ1) is 20.4. The summed E-state index contributed by atoms with van der Waals surface area (Å²) in [5, 5.41) is 11.5. The van der Waals surface area contributed by atoms with Gasteiger partial charge in [0.2, 0.25) is 5.91 Å². The second kappa shape index (κ2) is 10.7. The van der Waals surface area contributed by atoms with Gasteiger partial charge in [-0.1, -0.05) is 36.6 Å². The number of ether oxygens (including phenoxy) is 1. The average Bonchev–Trinajstić information content (AvgIpc) is 3.69. The van der Waals surface area contributed by atoms with E-state index in [1.165, 1.54) is 5.56 Å². The van der Waals surface area contributed by atoms with Gasteiger partial charge in [0.15, 0.2) is 0 Å². The fourth-order valence-electron chi connectivity index (χ4n) is 7.42. The number of halogens is 1. The minimum Gasteiger partial charge on any atom is -0.478 e. The summed E-state index contributed by atoms with van der Waals surface area (Å²) in [5.41, 5.74) is 3.03. The molecular formula is C34H34ClN3O4. The van der Waals surface area contributed by atoms with Crippen molar-refractivity contribution < 1.29 is 19.4 Å². The van der Waals surface area contributed by atoms with E-state index in [0.29, 0.717) is 23.3 Å². The summed E-state index contributed by atoms with van der Waals surface area (Å²) in [6.45, 7) is 2.45. The predicted octanol–water partition coefficient (Wildman–Crippen LogP) is 7.67. The molecule has 7 rings (SSSR count). The third-order valence-corrected chi connectivity index (χ3v) is 9.84. The molecule has 1 atom stereocenters. The smallest absolute Gasteiger partial charge is 0.339 e. The van der Waals surface area contributed by atoms with Crippen LogP contribution < -0.4 is 9.64 Å². The highest BCUT2D eigenvalue weighted by Crippen LogP contribution is 2.59. The van der Waals surface area contributed by atoms with E-state index in [1.54, 1.807) is 6.07 Å². The highest BCUT2D eigenvalue weighted by molar-refractivity contribution is 6.30. The first-order valence-corrected chi connectivity index (χ1v) is 15.2. The Kier molecular flexibility index (Phi) is 6.85. The van der Waals surface area contributed by atoms with E-state index in [0.717, 1.165) is 79.8 Å². The number of carbonyl (C=O) groups excluding carboxylic acids is 1. The molecule has 3 aliphatic rings. The van der Waals surface area contributed by atoms with Crippen LogP contribution in [0.2, 0.25) is 5.02 Å². The average molecular weight is 584 g/mol. The van der Waals surface area contributed by atoms with Crippen molar-refractivity contribution in [1.29, 1.82) is 0 Å². The van der Waals surface area contributed by atoms with Crippen molar-refractivity contribution in [2.75, 3.05) is 24.5 Å². The summed E-state index contributed by atoms with van der Waals surface area (Å²) in [6.07, 6.45) is 7.98. The van der Waals surface area contributed by atoms with Crippen molar-refractivity contribution in [3.8, 4) is 11.5 Å². The van der Waals surface area contributed by atoms with Crippen molar-refractivity contribution >= 4 is 40.1 Å². The highest BCUT2D eigenvalue weighted by Gasteiger charge is 2.61. The number of piperidine rings is 1. The zero-order chi connectivity index (χ0) is 28.8. The summed E-state index contributed by atoms with van der Waals surface area (Å²) >= 11 is 6.18. The fraction of sp³-hybridized carbons (Fsp3) is 0.353. The zero-order valence-corrected chi connectivity index (χ0v) is 24.1. The molecular weight excluding hydrogens is 550 g/mol. The van der Waals surface area contributed by atoms with Crippen LogP contribution in [0.3, 0.4) is 0 Å². The number of carbonyl (C=O) groups is 2. The zero-order valence-electron chi connectivity index (χ0n) is 23.4. The number of carboxylic acids is 1. The molecule has 7 nitrogen and oxygen atoms in total. The van der Waals surface area contributed by atoms with E-state index in [-0.39, 0.29) is 17.0 Å². The summed E-state index contributed by atoms with van der Waals surface area (Å²) in [7, 11) is 0. The van der Waals surface area contributed by atoms with Gasteiger partial charge in [0.25, 0.3) is 0 Å². The van der Waals surface area contributed by atoms with E-state index in [1.807, 2.05) is 54.7 Å². The van der Waals surface area contributed by atoms with Gasteiger partial charge in [-0.2, -0.15) is 0 Å². The molecule has 1 spiro atoms. The molecule has 1 saturated carbocycles. The van der Waals surface area contributed by atoms with E-state index < -0.39 is 5.97 Å². The number of fused-ring (bicyclic) bond motifs is 1. The molecule has 1 unspecified atom stereocenters. The maximum Gasteiger partial charge on any atom is 0.339 e. The Morgan fingerprint density at radius 3 is 2.50 bits per heavy atom. The lowest BCUT2D eigenvalue weighted by Crippen LogP contribution is -2.63. The molecule has 3 fully saturated rings. The van der Waals surface area contributed by atoms with E-state index in [2.05, 4.69) is 26.9 Å². The predicted molar refractivity (Wildman–Crippen MR) is 164 cm³/mol. The molecule has 1 aliphatic carbocycles. The molecule has 2 aliphatic heterocycles. The lowest BCUT2D eigenvalue weighted by atomic mass is 9.66. The Hall–Kier alpha value is -3.97. The molecule has 3 aromatic carbocycles. The Morgan fingerprint density at radius 2 is 1.76 bits per heavy atom. The van der Waals surface area contributed by atoms with Crippen LogP contribution in [0, 0.1) is 11.3 Å². The number of carboxylic acid groups (broad SMARTS) is 1. The molecule has 1 aromatic heterocycles. The highest BCUT2D eigenvalue weighted by atomic mass is 35.5. The van der Waals surface area contributed by atoms with Crippen LogP contribution >= 0.6 is 11.6 Å². The minimum absolute atomic E-state index is 0.133. The van der Waals surface area contributed by atoms with E-state index in [4.69, 9.17) is 16.3 Å². The van der Waals surface area contributed by atoms with Crippen molar-refractivity contribution in [2.45, 2.75) is 44.6 Å². The lowest BCUT2D eigenvalue weighted by molar-refractivity contribution is -0.174. The van der Waals surface area contributed by atoms with Crippen LogP contribution in [0.15, 0.2) is 72.9 Å². The van der Waals surface area contributed by atoms with Gasteiger partial charge in [0, 0.05) is 53.5 Å². The van der Waals surface area contributed by atoms with Crippen LogP contribution in [0.25, 0.3) is 10.9 Å². The molecule has 42 heavy (non-hydrogen) atoms. The number of rotatable bonds is 7. The molecule has 4 aromatic rings. The number of aromatic nitrogens is 1. The SMILES string of the molecule is O=C(O)c1ccc(N2CCC(CN3C(=O)C4(CCCC4)C3c3ccc(Cl)cc3)CC2)cc1Oc1ccc2[nH]ccc2c1. The quantitative estimate of drug-likeness (QED) is 0.218. The first-order valence-electron chi connectivity index (χ1n) is 14.9. The summed E-state index contributed by atoms with van der Waals surface area (Å²) in [4.78, 5) is 33.1. The minimum atomic E-state index is -1.02. The third-order valence-electron chi connectivity index (χ3n) is 9.59. The number of nitrogens with zero attached hydrogens (tertiary/aromatic N) is 2. The van der Waals surface area contributed by atoms with Gasteiger partial charge in [-0.25, -0.2) is 4.79 Å². The molecule has 2 N–H and O–H groups in total. The van der Waals surface area contributed by atoms with Crippen molar-refractivity contribution in [3.05, 3.63) is 89.1 Å². The van der Waals surface area contributed by atoms with Crippen LogP contribution in [0.1, 0.15) is 60.5 Å². The van der Waals surface area contributed by atoms with Gasteiger partial charge >= 0.3 is 5.97 Å². The van der Waals surface area contributed by atoms with Crippen molar-refractivity contribution in [3.63, 3.8) is 0 Å². The summed E-state index contributed by atoms with van der Waals surface area (Å²) < 4.78 is 6.12. The number of benzene rings is 3. The number of nitrogens with one attached hydrogen (secondary N) is 1. The normalized spacial score (nSPS) is 20.3. The van der Waals surface area contributed by atoms with E-state index >= 15 is 0 Å². The lowest BCUT2D eigenvalue weighted by Gasteiger charge is -2.56. The van der Waals surface area contributed by atoms with Crippen LogP contribution in [-0.4, -0.2) is 46.5 Å². The number of aromatic amines is 1. The van der Waals surface area contributed by atoms with Gasteiger partial charge < -0.3 is 24.6 Å². The van der Waals surface area contributed by atoms with Crippen LogP contribution in [0.5, 0.6) is 11.5 Å². The van der Waals surface area contributed by atoms with Gasteiger partial charge in [-0.15, -0.1) is 0 Å². The van der Waals surface area contributed by atoms with E-state index in [9.17, 15) is 14.7 Å². The second-order valence-corrected chi connectivity index (χ2v) is 12.5. The number of hydrogen-bond acceptors (Lipinski definition) is 4. The number of aromatic carboxylic acids is 1. The molecule has 216 valence electrons. The summed E-state index contributed by atoms with van der Waals surface area (Å²) in [5.74, 6) is 0.644. The molecule has 2 saturated heterocycles. The van der Waals surface area contributed by atoms with Gasteiger partial charge in [0.1, 0.15) is 17.1 Å². The second-order valence-electron chi connectivity index (χ2n) is 12.0. The number of H-pyrrole nitrogens is 1. The molecule has 0 bridgehead atoms. The van der Waals surface area contributed by atoms with Gasteiger partial charge in [0.05, 0.1) is 11.5 Å². The molecule has 0 radical (unpaired) electrons. The Morgan fingerprint density at radius 1 is 1.00 bits per heavy atom. The molecule has 3 heterocycles. The number of hydrogen-bond donors (Lipinski definition) is 2. The Bertz CT molecular complexity index is 1630. The van der Waals surface area contributed by atoms with Crippen molar-refractivity contribution in [2.24, 2.45) is 11.3 Å². The third kappa shape index (κ3) is 4.70. The Balaban J connectivity index is 1.04. The standard InChI is InChI=1S/C34H34ClN3O4/c35-25-5-3-23(4-6-25)31-34(14-1-2-15-34)33(41)38(31)21-22-12-17-37(18-13-22)26-7-9-28(32(39)40)30(20-26)42-27-8-10-29-24(19-27)11-16-36-29/h3-11,16,19-20,22,31,36H,1-2,12-15,17-18,21H2,(H,39,40). The molecule has 1 amide bonds. The monoisotopic (exact) mass is 583 g/mol. The van der Waals surface area contributed by atoms with Gasteiger partial charge in [-0.3, -0.25) is 4.79 Å². The maximum atomic E-state index is 13.6.